The van der Waals surface area contributed by atoms with Gasteiger partial charge in [-0.15, -0.1) is 0 Å². The van der Waals surface area contributed by atoms with Gasteiger partial charge in [0.1, 0.15) is 0 Å². The summed E-state index contributed by atoms with van der Waals surface area (Å²) in [5.74, 6) is 0. The second-order valence-electron chi connectivity index (χ2n) is 5.98. The molecule has 1 aromatic heterocycles. The summed E-state index contributed by atoms with van der Waals surface area (Å²) >= 11 is 0. The molecular formula is C22H21N3. The zero-order valence-corrected chi connectivity index (χ0v) is 14.8. The molecule has 2 aromatic carbocycles. The van der Waals surface area contributed by atoms with Crippen LogP contribution < -0.4 is 0 Å². The molecule has 0 fully saturated rings. The highest BCUT2D eigenvalue weighted by Crippen LogP contribution is 2.16. The summed E-state index contributed by atoms with van der Waals surface area (Å²) in [7, 11) is 0. The minimum atomic E-state index is 0.876. The van der Waals surface area contributed by atoms with E-state index in [1.807, 2.05) is 74.5 Å². The van der Waals surface area contributed by atoms with Crippen molar-refractivity contribution in [2.75, 3.05) is 0 Å². The topological polar surface area (TPSA) is 37.6 Å². The minimum Gasteiger partial charge on any atom is -0.252 e. The summed E-state index contributed by atoms with van der Waals surface area (Å²) < 4.78 is 0. The number of hydrogen-bond acceptors (Lipinski definition) is 3. The number of para-hydroxylation sites is 2. The molecule has 3 heteroatoms. The van der Waals surface area contributed by atoms with Gasteiger partial charge in [-0.25, -0.2) is 4.98 Å². The van der Waals surface area contributed by atoms with Crippen molar-refractivity contribution in [1.82, 2.24) is 4.98 Å². The van der Waals surface area contributed by atoms with Crippen LogP contribution in [0.5, 0.6) is 0 Å². The van der Waals surface area contributed by atoms with E-state index < -0.39 is 0 Å². The van der Waals surface area contributed by atoms with Crippen LogP contribution in [0.4, 0.5) is 11.4 Å². The Hall–Kier alpha value is -3.07. The Morgan fingerprint density at radius 1 is 0.680 bits per heavy atom. The number of aromatic nitrogens is 1. The highest BCUT2D eigenvalue weighted by atomic mass is 14.8. The van der Waals surface area contributed by atoms with E-state index in [1.54, 1.807) is 0 Å². The molecule has 0 saturated heterocycles. The van der Waals surface area contributed by atoms with Gasteiger partial charge < -0.3 is 0 Å². The molecule has 0 aliphatic carbocycles. The van der Waals surface area contributed by atoms with Gasteiger partial charge in [0.05, 0.1) is 34.2 Å². The van der Waals surface area contributed by atoms with Crippen molar-refractivity contribution in [3.8, 4) is 0 Å². The lowest BCUT2D eigenvalue weighted by Crippen LogP contribution is -2.06. The van der Waals surface area contributed by atoms with Crippen molar-refractivity contribution in [3.05, 3.63) is 89.7 Å². The average molecular weight is 327 g/mol. The number of benzene rings is 2. The van der Waals surface area contributed by atoms with Crippen molar-refractivity contribution in [2.24, 2.45) is 9.98 Å². The van der Waals surface area contributed by atoms with Gasteiger partial charge in [0.15, 0.2) is 0 Å². The van der Waals surface area contributed by atoms with E-state index in [0.29, 0.717) is 0 Å². The van der Waals surface area contributed by atoms with Crippen LogP contribution in [0.15, 0.2) is 82.8 Å². The highest BCUT2D eigenvalue weighted by molar-refractivity contribution is 6.02. The van der Waals surface area contributed by atoms with Crippen LogP contribution >= 0.6 is 0 Å². The van der Waals surface area contributed by atoms with Gasteiger partial charge in [-0.2, -0.15) is 0 Å². The van der Waals surface area contributed by atoms with Crippen LogP contribution in [0.2, 0.25) is 0 Å². The lowest BCUT2D eigenvalue weighted by molar-refractivity contribution is 1.21. The highest BCUT2D eigenvalue weighted by Gasteiger charge is 2.07. The first-order valence-corrected chi connectivity index (χ1v) is 8.32. The first-order chi connectivity index (χ1) is 12.1. The van der Waals surface area contributed by atoms with Crippen LogP contribution in [0.3, 0.4) is 0 Å². The Bertz CT molecular complexity index is 837. The molecule has 3 aromatic rings. The number of hydrogen-bond donors (Lipinski definition) is 0. The molecule has 0 saturated carbocycles. The molecule has 0 spiro atoms. The fraction of sp³-hybridized carbons (Fsp3) is 0.136. The molecule has 0 radical (unpaired) electrons. The first-order valence-electron chi connectivity index (χ1n) is 8.32. The van der Waals surface area contributed by atoms with Gasteiger partial charge in [-0.1, -0.05) is 36.4 Å². The van der Waals surface area contributed by atoms with E-state index >= 15 is 0 Å². The molecule has 124 valence electrons. The Kier molecular flexibility index (Phi) is 5.14. The molecule has 3 rings (SSSR count). The zero-order valence-electron chi connectivity index (χ0n) is 14.8. The SMILES string of the molecule is CC(=Nc1ccccc1)c1cc(C)cc(C(C)=Nc2ccccc2)n1. The van der Waals surface area contributed by atoms with E-state index in [9.17, 15) is 0 Å². The molecule has 25 heavy (non-hydrogen) atoms. The third-order valence-corrected chi connectivity index (χ3v) is 3.82. The molecule has 0 aliphatic heterocycles. The number of aliphatic imine (C=N–C) groups is 2. The summed E-state index contributed by atoms with van der Waals surface area (Å²) in [6, 6.07) is 24.0. The van der Waals surface area contributed by atoms with Crippen molar-refractivity contribution in [3.63, 3.8) is 0 Å². The number of pyridine rings is 1. The van der Waals surface area contributed by atoms with E-state index in [1.165, 1.54) is 0 Å². The summed E-state index contributed by atoms with van der Waals surface area (Å²) in [6.07, 6.45) is 0. The minimum absolute atomic E-state index is 0.876. The fourth-order valence-electron chi connectivity index (χ4n) is 2.54. The van der Waals surface area contributed by atoms with E-state index in [0.717, 1.165) is 39.7 Å². The maximum absolute atomic E-state index is 4.76. The van der Waals surface area contributed by atoms with Crippen LogP contribution in [-0.2, 0) is 0 Å². The molecule has 0 bridgehead atoms. The largest absolute Gasteiger partial charge is 0.252 e. The Morgan fingerprint density at radius 3 is 1.48 bits per heavy atom. The predicted octanol–water partition coefficient (Wildman–Crippen LogP) is 5.67. The van der Waals surface area contributed by atoms with Crippen LogP contribution in [0, 0.1) is 6.92 Å². The average Bonchev–Trinajstić information content (AvgIpc) is 2.63. The zero-order chi connectivity index (χ0) is 17.6. The van der Waals surface area contributed by atoms with E-state index in [2.05, 4.69) is 29.0 Å². The Balaban J connectivity index is 1.96. The third-order valence-electron chi connectivity index (χ3n) is 3.82. The fourth-order valence-corrected chi connectivity index (χ4v) is 2.54. The normalized spacial score (nSPS) is 12.3. The van der Waals surface area contributed by atoms with Gasteiger partial charge in [-0.3, -0.25) is 9.98 Å². The first kappa shape index (κ1) is 16.8. The number of aryl methyl sites for hydroxylation is 1. The Morgan fingerprint density at radius 2 is 1.08 bits per heavy atom. The lowest BCUT2D eigenvalue weighted by Gasteiger charge is -2.07. The molecule has 0 unspecified atom stereocenters. The van der Waals surface area contributed by atoms with Crippen LogP contribution in [-0.4, -0.2) is 16.4 Å². The molecule has 0 atom stereocenters. The summed E-state index contributed by atoms with van der Waals surface area (Å²) in [6.45, 7) is 6.05. The second kappa shape index (κ2) is 7.67. The molecule has 1 heterocycles. The standard InChI is InChI=1S/C22H21N3/c1-16-14-21(17(2)23-19-10-6-4-7-11-19)25-22(15-16)18(3)24-20-12-8-5-9-13-20/h4-15H,1-3H3. The Labute approximate surface area is 148 Å². The van der Waals surface area contributed by atoms with Crippen LogP contribution in [0.1, 0.15) is 30.8 Å². The molecule has 0 amide bonds. The monoisotopic (exact) mass is 327 g/mol. The molecule has 0 N–H and O–H groups in total. The molecule has 0 aliphatic rings. The van der Waals surface area contributed by atoms with Gasteiger partial charge in [0, 0.05) is 0 Å². The van der Waals surface area contributed by atoms with Crippen molar-refractivity contribution >= 4 is 22.8 Å². The van der Waals surface area contributed by atoms with Crippen molar-refractivity contribution in [2.45, 2.75) is 20.8 Å². The molecule has 3 nitrogen and oxygen atoms in total. The summed E-state index contributed by atoms with van der Waals surface area (Å²) in [4.78, 5) is 14.1. The predicted molar refractivity (Wildman–Crippen MR) is 106 cm³/mol. The third kappa shape index (κ3) is 4.48. The molecular weight excluding hydrogens is 306 g/mol. The van der Waals surface area contributed by atoms with Gasteiger partial charge in [-0.05, 0) is 62.7 Å². The second-order valence-corrected chi connectivity index (χ2v) is 5.98. The number of nitrogens with zero attached hydrogens (tertiary/aromatic N) is 3. The van der Waals surface area contributed by atoms with E-state index in [4.69, 9.17) is 4.98 Å². The van der Waals surface area contributed by atoms with Crippen LogP contribution in [0.25, 0.3) is 0 Å². The number of rotatable bonds is 4. The van der Waals surface area contributed by atoms with Crippen molar-refractivity contribution < 1.29 is 0 Å². The van der Waals surface area contributed by atoms with Crippen molar-refractivity contribution in [1.29, 1.82) is 0 Å². The van der Waals surface area contributed by atoms with Gasteiger partial charge in [0.2, 0.25) is 0 Å². The maximum atomic E-state index is 4.76. The van der Waals surface area contributed by atoms with Gasteiger partial charge in [0.25, 0.3) is 0 Å². The smallest absolute Gasteiger partial charge is 0.0852 e. The summed E-state index contributed by atoms with van der Waals surface area (Å²) in [5.41, 5.74) is 6.54. The van der Waals surface area contributed by atoms with E-state index in [-0.39, 0.29) is 0 Å². The van der Waals surface area contributed by atoms with Gasteiger partial charge >= 0.3 is 0 Å². The summed E-state index contributed by atoms with van der Waals surface area (Å²) in [5, 5.41) is 0. The quantitative estimate of drug-likeness (QED) is 0.569. The maximum Gasteiger partial charge on any atom is 0.0852 e. The lowest BCUT2D eigenvalue weighted by atomic mass is 10.1.